The second-order valence-electron chi connectivity index (χ2n) is 5.72. The van der Waals surface area contributed by atoms with Crippen molar-refractivity contribution in [3.05, 3.63) is 51.0 Å². The van der Waals surface area contributed by atoms with Gasteiger partial charge in [0.1, 0.15) is 5.58 Å². The Bertz CT molecular complexity index is 1110. The van der Waals surface area contributed by atoms with E-state index >= 15 is 0 Å². The van der Waals surface area contributed by atoms with Gasteiger partial charge in [-0.05, 0) is 59.1 Å². The van der Waals surface area contributed by atoms with Crippen LogP contribution in [0.1, 0.15) is 28.6 Å². The Hall–Kier alpha value is -2.03. The fourth-order valence-electron chi connectivity index (χ4n) is 2.67. The normalized spacial score (nSPS) is 11.2. The lowest BCUT2D eigenvalue weighted by molar-refractivity contribution is 0.0998. The molecule has 1 N–H and O–H groups in total. The molecule has 4 aromatic rings. The van der Waals surface area contributed by atoms with Crippen LogP contribution in [0.3, 0.4) is 0 Å². The van der Waals surface area contributed by atoms with E-state index in [4.69, 9.17) is 4.42 Å². The van der Waals surface area contributed by atoms with Gasteiger partial charge in [-0.25, -0.2) is 0 Å². The molecule has 0 saturated carbocycles. The van der Waals surface area contributed by atoms with Gasteiger partial charge in [-0.1, -0.05) is 13.0 Å². The molecule has 0 fully saturated rings. The molecular formula is C18H14BrN3O2S2. The minimum absolute atomic E-state index is 0.309. The molecule has 5 nitrogen and oxygen atoms in total. The summed E-state index contributed by atoms with van der Waals surface area (Å²) in [7, 11) is 0. The number of hydrogen-bond donors (Lipinski definition) is 1. The van der Waals surface area contributed by atoms with Gasteiger partial charge in [0.25, 0.3) is 5.91 Å². The second-order valence-corrected chi connectivity index (χ2v) is 8.94. The monoisotopic (exact) mass is 447 g/mol. The van der Waals surface area contributed by atoms with Crippen LogP contribution in [-0.2, 0) is 6.42 Å². The second kappa shape index (κ2) is 6.94. The number of benzene rings is 1. The number of rotatable bonds is 4. The van der Waals surface area contributed by atoms with E-state index in [1.54, 1.807) is 11.3 Å². The van der Waals surface area contributed by atoms with Crippen molar-refractivity contribution in [2.24, 2.45) is 0 Å². The lowest BCUT2D eigenvalue weighted by Crippen LogP contribution is -2.11. The number of carbonyl (C=O) groups excluding carboxylic acids is 1. The fraction of sp³-hybridized carbons (Fsp3) is 0.167. The number of nitrogens with zero attached hydrogens (tertiary/aromatic N) is 2. The minimum Gasteiger partial charge on any atom is -0.451 e. The van der Waals surface area contributed by atoms with Gasteiger partial charge >= 0.3 is 0 Å². The van der Waals surface area contributed by atoms with E-state index in [9.17, 15) is 4.79 Å². The van der Waals surface area contributed by atoms with Crippen LogP contribution in [0.2, 0.25) is 0 Å². The zero-order chi connectivity index (χ0) is 18.3. The molecule has 3 aromatic heterocycles. The molecule has 0 aliphatic carbocycles. The predicted molar refractivity (Wildman–Crippen MR) is 109 cm³/mol. The molecule has 0 unspecified atom stereocenters. The number of carbonyl (C=O) groups is 1. The molecular weight excluding hydrogens is 434 g/mol. The third-order valence-electron chi connectivity index (χ3n) is 4.06. The maximum Gasteiger partial charge on any atom is 0.293 e. The molecule has 0 aliphatic heterocycles. The summed E-state index contributed by atoms with van der Waals surface area (Å²) in [5.74, 6) is 0.602. The minimum atomic E-state index is -0.313. The largest absolute Gasteiger partial charge is 0.451 e. The molecule has 3 heterocycles. The Balaban J connectivity index is 1.59. The van der Waals surface area contributed by atoms with Crippen LogP contribution < -0.4 is 5.32 Å². The molecule has 26 heavy (non-hydrogen) atoms. The number of nitrogens with one attached hydrogen (secondary N) is 1. The van der Waals surface area contributed by atoms with Crippen LogP contribution in [0.15, 0.2) is 38.5 Å². The van der Waals surface area contributed by atoms with Gasteiger partial charge in [-0.3, -0.25) is 10.1 Å². The van der Waals surface area contributed by atoms with Gasteiger partial charge in [-0.15, -0.1) is 11.3 Å². The maximum atomic E-state index is 12.6. The number of aromatic nitrogens is 2. The average Bonchev–Trinajstić information content (AvgIpc) is 3.34. The van der Waals surface area contributed by atoms with Crippen molar-refractivity contribution < 1.29 is 9.21 Å². The SMILES string of the molecule is CCc1ccc2oc(C(=O)Nc3nc(-c4ccc(Br)s4)ns3)c(C)c2c1. The zero-order valence-electron chi connectivity index (χ0n) is 14.0. The van der Waals surface area contributed by atoms with E-state index in [0.717, 1.165) is 37.6 Å². The van der Waals surface area contributed by atoms with Crippen LogP contribution >= 0.6 is 38.8 Å². The van der Waals surface area contributed by atoms with Crippen LogP contribution in [0.25, 0.3) is 21.7 Å². The van der Waals surface area contributed by atoms with E-state index in [-0.39, 0.29) is 5.91 Å². The highest BCUT2D eigenvalue weighted by molar-refractivity contribution is 9.11. The summed E-state index contributed by atoms with van der Waals surface area (Å²) in [6, 6.07) is 9.89. The van der Waals surface area contributed by atoms with Crippen molar-refractivity contribution in [3.63, 3.8) is 0 Å². The highest BCUT2D eigenvalue weighted by atomic mass is 79.9. The summed E-state index contributed by atoms with van der Waals surface area (Å²) < 4.78 is 11.1. The molecule has 1 amide bonds. The highest BCUT2D eigenvalue weighted by Gasteiger charge is 2.20. The summed E-state index contributed by atoms with van der Waals surface area (Å²) in [5.41, 5.74) is 2.76. The van der Waals surface area contributed by atoms with E-state index in [0.29, 0.717) is 22.3 Å². The van der Waals surface area contributed by atoms with E-state index in [1.807, 2.05) is 31.2 Å². The molecule has 132 valence electrons. The third kappa shape index (κ3) is 3.20. The average molecular weight is 448 g/mol. The highest BCUT2D eigenvalue weighted by Crippen LogP contribution is 2.32. The number of aryl methyl sites for hydroxylation is 2. The number of fused-ring (bicyclic) bond motifs is 1. The first-order valence-corrected chi connectivity index (χ1v) is 10.4. The van der Waals surface area contributed by atoms with Crippen molar-refractivity contribution in [2.75, 3.05) is 5.32 Å². The molecule has 0 aliphatic rings. The molecule has 8 heteroatoms. The topological polar surface area (TPSA) is 68.0 Å². The molecule has 0 bridgehead atoms. The Morgan fingerprint density at radius 1 is 1.31 bits per heavy atom. The molecule has 4 rings (SSSR count). The van der Waals surface area contributed by atoms with Crippen molar-refractivity contribution >= 4 is 60.8 Å². The summed E-state index contributed by atoms with van der Waals surface area (Å²) in [4.78, 5) is 18.0. The van der Waals surface area contributed by atoms with Crippen LogP contribution in [0.5, 0.6) is 0 Å². The number of hydrogen-bond acceptors (Lipinski definition) is 6. The Kier molecular flexibility index (Phi) is 4.64. The zero-order valence-corrected chi connectivity index (χ0v) is 17.2. The standard InChI is InChI=1S/C18H14BrN3O2S2/c1-3-10-4-5-12-11(8-10)9(2)15(24-12)17(23)21-18-20-16(22-26-18)13-6-7-14(19)25-13/h4-8H,3H2,1-2H3,(H,20,21,22,23). The number of amides is 1. The van der Waals surface area contributed by atoms with Crippen molar-refractivity contribution in [1.29, 1.82) is 0 Å². The summed E-state index contributed by atoms with van der Waals surface area (Å²) in [6.07, 6.45) is 0.939. The van der Waals surface area contributed by atoms with Crippen LogP contribution in [-0.4, -0.2) is 15.3 Å². The van der Waals surface area contributed by atoms with Gasteiger partial charge < -0.3 is 4.42 Å². The molecule has 0 spiro atoms. The first-order chi connectivity index (χ1) is 12.5. The smallest absolute Gasteiger partial charge is 0.293 e. The Morgan fingerprint density at radius 2 is 2.15 bits per heavy atom. The lowest BCUT2D eigenvalue weighted by atomic mass is 10.1. The predicted octanol–water partition coefficient (Wildman–Crippen LogP) is 5.90. The van der Waals surface area contributed by atoms with Crippen LogP contribution in [0, 0.1) is 6.92 Å². The molecule has 0 saturated heterocycles. The lowest BCUT2D eigenvalue weighted by Gasteiger charge is -1.98. The van der Waals surface area contributed by atoms with Gasteiger partial charge in [0, 0.05) is 22.5 Å². The first kappa shape index (κ1) is 17.4. The fourth-order valence-corrected chi connectivity index (χ4v) is 4.62. The quantitative estimate of drug-likeness (QED) is 0.422. The summed E-state index contributed by atoms with van der Waals surface area (Å²) >= 11 is 6.12. The number of anilines is 1. The Labute approximate surface area is 166 Å². The van der Waals surface area contributed by atoms with Crippen molar-refractivity contribution in [3.8, 4) is 10.7 Å². The first-order valence-electron chi connectivity index (χ1n) is 7.98. The van der Waals surface area contributed by atoms with Crippen molar-refractivity contribution in [1.82, 2.24) is 9.36 Å². The van der Waals surface area contributed by atoms with E-state index in [1.165, 1.54) is 5.56 Å². The third-order valence-corrected chi connectivity index (χ3v) is 6.31. The van der Waals surface area contributed by atoms with Crippen LogP contribution in [0.4, 0.5) is 5.13 Å². The van der Waals surface area contributed by atoms with E-state index in [2.05, 4.69) is 43.6 Å². The number of furan rings is 1. The van der Waals surface area contributed by atoms with E-state index < -0.39 is 0 Å². The van der Waals surface area contributed by atoms with Gasteiger partial charge in [-0.2, -0.15) is 9.36 Å². The summed E-state index contributed by atoms with van der Waals surface area (Å²) in [5, 5.41) is 4.21. The number of thiophene rings is 1. The molecule has 0 radical (unpaired) electrons. The van der Waals surface area contributed by atoms with Gasteiger partial charge in [0.15, 0.2) is 11.6 Å². The van der Waals surface area contributed by atoms with Crippen molar-refractivity contribution in [2.45, 2.75) is 20.3 Å². The molecule has 0 atom stereocenters. The van der Waals surface area contributed by atoms with Gasteiger partial charge in [0.2, 0.25) is 5.13 Å². The number of halogens is 1. The maximum absolute atomic E-state index is 12.6. The molecule has 1 aromatic carbocycles. The summed E-state index contributed by atoms with van der Waals surface area (Å²) in [6.45, 7) is 4.00. The van der Waals surface area contributed by atoms with Gasteiger partial charge in [0.05, 0.1) is 8.66 Å². The Morgan fingerprint density at radius 3 is 2.88 bits per heavy atom.